The van der Waals surface area contributed by atoms with E-state index in [1.54, 1.807) is 6.92 Å². The summed E-state index contributed by atoms with van der Waals surface area (Å²) in [6.07, 6.45) is -0.254. The van der Waals surface area contributed by atoms with E-state index in [0.29, 0.717) is 0 Å². The molecule has 0 atom stereocenters. The summed E-state index contributed by atoms with van der Waals surface area (Å²) in [5.74, 6) is -1.16. The van der Waals surface area contributed by atoms with Gasteiger partial charge in [-0.05, 0) is 13.0 Å². The molecule has 0 radical (unpaired) electrons. The molecule has 90 valence electrons. The molecule has 0 aliphatic heterocycles. The molecule has 0 heterocycles. The Kier molecular flexibility index (Phi) is 4.61. The van der Waals surface area contributed by atoms with Crippen molar-refractivity contribution >= 4 is 5.97 Å². The average Bonchev–Trinajstić information content (AvgIpc) is 2.32. The van der Waals surface area contributed by atoms with Gasteiger partial charge in [0.05, 0.1) is 24.7 Å². The number of benzene rings is 1. The van der Waals surface area contributed by atoms with Crippen molar-refractivity contribution in [2.75, 3.05) is 6.61 Å². The summed E-state index contributed by atoms with van der Waals surface area (Å²) in [5.41, 5.74) is 5.82. The van der Waals surface area contributed by atoms with E-state index in [0.717, 1.165) is 0 Å². The van der Waals surface area contributed by atoms with Gasteiger partial charge in [0.1, 0.15) is 5.82 Å². The van der Waals surface area contributed by atoms with Crippen LogP contribution in [0.25, 0.3) is 0 Å². The van der Waals surface area contributed by atoms with Crippen LogP contribution < -0.4 is 5.73 Å². The smallest absolute Gasteiger partial charge is 0.310 e. The Morgan fingerprint density at radius 3 is 2.82 bits per heavy atom. The molecule has 0 bridgehead atoms. The van der Waals surface area contributed by atoms with E-state index in [9.17, 15) is 9.18 Å². The van der Waals surface area contributed by atoms with Crippen LogP contribution in [-0.2, 0) is 22.5 Å². The highest BCUT2D eigenvalue weighted by Gasteiger charge is 2.16. The number of ether oxygens (including phenoxy) is 1. The number of nitrogens with two attached hydrogens (primary N) is 1. The van der Waals surface area contributed by atoms with Crippen molar-refractivity contribution in [2.45, 2.75) is 19.9 Å². The van der Waals surface area contributed by atoms with Gasteiger partial charge < -0.3 is 10.5 Å². The molecule has 4 nitrogen and oxygen atoms in total. The van der Waals surface area contributed by atoms with E-state index < -0.39 is 11.8 Å². The maximum Gasteiger partial charge on any atom is 0.310 e. The summed E-state index contributed by atoms with van der Waals surface area (Å²) < 4.78 is 18.6. The molecule has 1 aromatic rings. The predicted octanol–water partition coefficient (Wildman–Crippen LogP) is 1.26. The summed E-state index contributed by atoms with van der Waals surface area (Å²) in [4.78, 5) is 11.3. The van der Waals surface area contributed by atoms with E-state index >= 15 is 0 Å². The molecule has 1 aromatic carbocycles. The Bertz CT molecular complexity index is 466. The van der Waals surface area contributed by atoms with Crippen molar-refractivity contribution < 1.29 is 13.9 Å². The van der Waals surface area contributed by atoms with E-state index in [-0.39, 0.29) is 36.3 Å². The quantitative estimate of drug-likeness (QED) is 0.798. The molecule has 0 fully saturated rings. The molecule has 0 spiro atoms. The molecule has 0 saturated heterocycles. The normalized spacial score (nSPS) is 9.76. The van der Waals surface area contributed by atoms with Gasteiger partial charge in [0.25, 0.3) is 0 Å². The van der Waals surface area contributed by atoms with Gasteiger partial charge in [0.15, 0.2) is 0 Å². The lowest BCUT2D eigenvalue weighted by molar-refractivity contribution is -0.142. The van der Waals surface area contributed by atoms with Gasteiger partial charge in [0, 0.05) is 17.7 Å². The summed E-state index contributed by atoms with van der Waals surface area (Å²) >= 11 is 0. The summed E-state index contributed by atoms with van der Waals surface area (Å²) in [7, 11) is 0. The van der Waals surface area contributed by atoms with Gasteiger partial charge in [-0.1, -0.05) is 6.07 Å². The minimum absolute atomic E-state index is 0.0212. The first kappa shape index (κ1) is 13.1. The SMILES string of the molecule is CCOC(=O)Cc1c(C#N)ccc(CN)c1F. The predicted molar refractivity (Wildman–Crippen MR) is 59.3 cm³/mol. The summed E-state index contributed by atoms with van der Waals surface area (Å²) in [6, 6.07) is 4.75. The second-order valence-electron chi connectivity index (χ2n) is 3.36. The highest BCUT2D eigenvalue weighted by Crippen LogP contribution is 2.18. The van der Waals surface area contributed by atoms with Gasteiger partial charge >= 0.3 is 5.97 Å². The number of hydrogen-bond acceptors (Lipinski definition) is 4. The van der Waals surface area contributed by atoms with Gasteiger partial charge in [-0.3, -0.25) is 4.79 Å². The highest BCUT2D eigenvalue weighted by atomic mass is 19.1. The van der Waals surface area contributed by atoms with Crippen molar-refractivity contribution in [2.24, 2.45) is 5.73 Å². The lowest BCUT2D eigenvalue weighted by Gasteiger charge is -2.08. The molecule has 0 aliphatic rings. The maximum atomic E-state index is 13.9. The number of carbonyl (C=O) groups excluding carboxylic acids is 1. The van der Waals surface area contributed by atoms with Crippen LogP contribution in [0.1, 0.15) is 23.6 Å². The van der Waals surface area contributed by atoms with Gasteiger partial charge in [-0.2, -0.15) is 5.26 Å². The number of halogens is 1. The van der Waals surface area contributed by atoms with Crippen LogP contribution in [0.15, 0.2) is 12.1 Å². The van der Waals surface area contributed by atoms with Crippen molar-refractivity contribution in [1.29, 1.82) is 5.26 Å². The number of esters is 1. The molecular weight excluding hydrogens is 223 g/mol. The minimum atomic E-state index is -0.598. The van der Waals surface area contributed by atoms with Crippen LogP contribution in [0.3, 0.4) is 0 Å². The molecular formula is C12H13FN2O2. The molecule has 1 rings (SSSR count). The third-order valence-electron chi connectivity index (χ3n) is 2.29. The summed E-state index contributed by atoms with van der Waals surface area (Å²) in [6.45, 7) is 1.90. The van der Waals surface area contributed by atoms with Crippen molar-refractivity contribution in [3.8, 4) is 6.07 Å². The van der Waals surface area contributed by atoms with Crippen molar-refractivity contribution in [3.05, 3.63) is 34.6 Å². The largest absolute Gasteiger partial charge is 0.466 e. The molecule has 0 unspecified atom stereocenters. The van der Waals surface area contributed by atoms with E-state index in [1.165, 1.54) is 12.1 Å². The fourth-order valence-corrected chi connectivity index (χ4v) is 1.46. The maximum absolute atomic E-state index is 13.9. The van der Waals surface area contributed by atoms with E-state index in [2.05, 4.69) is 0 Å². The number of carbonyl (C=O) groups is 1. The summed E-state index contributed by atoms with van der Waals surface area (Å²) in [5, 5.41) is 8.85. The fourth-order valence-electron chi connectivity index (χ4n) is 1.46. The monoisotopic (exact) mass is 236 g/mol. The van der Waals surface area contributed by atoms with Crippen LogP contribution in [0.5, 0.6) is 0 Å². The number of hydrogen-bond donors (Lipinski definition) is 1. The molecule has 2 N–H and O–H groups in total. The second kappa shape index (κ2) is 5.97. The van der Waals surface area contributed by atoms with Crippen LogP contribution in [0.2, 0.25) is 0 Å². The molecule has 0 aromatic heterocycles. The van der Waals surface area contributed by atoms with Crippen LogP contribution in [-0.4, -0.2) is 12.6 Å². The second-order valence-corrected chi connectivity index (χ2v) is 3.36. The zero-order valence-corrected chi connectivity index (χ0v) is 9.50. The first-order valence-corrected chi connectivity index (χ1v) is 5.20. The standard InChI is InChI=1S/C12H13FN2O2/c1-2-17-11(16)5-10-8(6-14)3-4-9(7-15)12(10)13/h3-4H,2,5,7,15H2,1H3. The van der Waals surface area contributed by atoms with Crippen molar-refractivity contribution in [1.82, 2.24) is 0 Å². The van der Waals surface area contributed by atoms with Gasteiger partial charge in [-0.25, -0.2) is 4.39 Å². The first-order valence-electron chi connectivity index (χ1n) is 5.20. The Hall–Kier alpha value is -1.93. The lowest BCUT2D eigenvalue weighted by Crippen LogP contribution is -2.12. The van der Waals surface area contributed by atoms with E-state index in [4.69, 9.17) is 15.7 Å². The van der Waals surface area contributed by atoms with Crippen LogP contribution in [0, 0.1) is 17.1 Å². The highest BCUT2D eigenvalue weighted by molar-refractivity contribution is 5.73. The Labute approximate surface area is 98.8 Å². The van der Waals surface area contributed by atoms with E-state index in [1.807, 2.05) is 6.07 Å². The van der Waals surface area contributed by atoms with Crippen molar-refractivity contribution in [3.63, 3.8) is 0 Å². The zero-order chi connectivity index (χ0) is 12.8. The lowest BCUT2D eigenvalue weighted by atomic mass is 10.0. The average molecular weight is 236 g/mol. The number of nitrogens with zero attached hydrogens (tertiary/aromatic N) is 1. The molecule has 17 heavy (non-hydrogen) atoms. The molecule has 0 saturated carbocycles. The molecule has 0 amide bonds. The minimum Gasteiger partial charge on any atom is -0.466 e. The van der Waals surface area contributed by atoms with Gasteiger partial charge in [-0.15, -0.1) is 0 Å². The topological polar surface area (TPSA) is 76.1 Å². The van der Waals surface area contributed by atoms with Gasteiger partial charge in [0.2, 0.25) is 0 Å². The third kappa shape index (κ3) is 3.02. The molecule has 0 aliphatic carbocycles. The Balaban J connectivity index is 3.11. The van der Waals surface area contributed by atoms with Crippen LogP contribution in [0.4, 0.5) is 4.39 Å². The Morgan fingerprint density at radius 2 is 2.29 bits per heavy atom. The zero-order valence-electron chi connectivity index (χ0n) is 9.50. The first-order chi connectivity index (χ1) is 8.13. The fraction of sp³-hybridized carbons (Fsp3) is 0.333. The Morgan fingerprint density at radius 1 is 1.59 bits per heavy atom. The number of rotatable bonds is 4. The molecule has 5 heteroatoms. The number of nitriles is 1. The van der Waals surface area contributed by atoms with Crippen LogP contribution >= 0.6 is 0 Å². The third-order valence-corrected chi connectivity index (χ3v) is 2.29.